The number of carbonyl (C=O) groups is 1. The van der Waals surface area contributed by atoms with E-state index in [-0.39, 0.29) is 24.4 Å². The maximum absolute atomic E-state index is 13.8. The fraction of sp³-hybridized carbons (Fsp3) is 0.429. The van der Waals surface area contributed by atoms with Gasteiger partial charge in [-0.2, -0.15) is 0 Å². The predicted molar refractivity (Wildman–Crippen MR) is 139 cm³/mol. The van der Waals surface area contributed by atoms with Crippen LogP contribution in [-0.2, 0) is 17.8 Å². The van der Waals surface area contributed by atoms with Gasteiger partial charge in [0.1, 0.15) is 0 Å². The van der Waals surface area contributed by atoms with Gasteiger partial charge in [0.15, 0.2) is 0 Å². The summed E-state index contributed by atoms with van der Waals surface area (Å²) in [5.74, 6) is -0.431. The monoisotopic (exact) mass is 497 g/mol. The molecule has 2 aromatic carbocycles. The molecule has 0 bridgehead atoms. The van der Waals surface area contributed by atoms with Crippen LogP contribution in [0.2, 0.25) is 0 Å². The normalized spacial score (nSPS) is 16.8. The molecule has 8 heteroatoms. The van der Waals surface area contributed by atoms with E-state index in [0.29, 0.717) is 30.2 Å². The Morgan fingerprint density at radius 2 is 1.89 bits per heavy atom. The molecule has 0 amide bonds. The average molecular weight is 498 g/mol. The van der Waals surface area contributed by atoms with Gasteiger partial charge in [-0.05, 0) is 86.2 Å². The van der Waals surface area contributed by atoms with E-state index in [0.717, 1.165) is 42.9 Å². The third-order valence-corrected chi connectivity index (χ3v) is 8.24. The van der Waals surface area contributed by atoms with Crippen molar-refractivity contribution in [3.05, 3.63) is 75.1 Å². The van der Waals surface area contributed by atoms with E-state index in [1.165, 1.54) is 38.2 Å². The number of hydrogen-bond acceptors (Lipinski definition) is 6. The van der Waals surface area contributed by atoms with Crippen molar-refractivity contribution >= 4 is 28.5 Å². The Labute approximate surface area is 228 Å². The van der Waals surface area contributed by atoms with Crippen LogP contribution in [0.5, 0.6) is 0 Å². The third kappa shape index (κ3) is 5.46. The van der Waals surface area contributed by atoms with Gasteiger partial charge in [0.2, 0.25) is 0 Å². The van der Waals surface area contributed by atoms with E-state index in [1.54, 1.807) is 0 Å². The fourth-order valence-electron chi connectivity index (χ4n) is 5.17. The Kier molecular flexibility index (Phi) is 8.70. The second-order valence-corrected chi connectivity index (χ2v) is 10.9. The molecule has 1 fully saturated rings. The van der Waals surface area contributed by atoms with Crippen LogP contribution in [0.15, 0.2) is 52.3 Å². The Bertz CT molecular complexity index is 1310. The largest absolute Gasteiger partial charge is 1.00 e. The van der Waals surface area contributed by atoms with E-state index in [2.05, 4.69) is 60.7 Å². The van der Waals surface area contributed by atoms with Crippen LogP contribution in [0.3, 0.4) is 0 Å². The van der Waals surface area contributed by atoms with Gasteiger partial charge in [-0.3, -0.25) is 9.36 Å². The maximum Gasteiger partial charge on any atom is 1.00 e. The Morgan fingerprint density at radius 3 is 2.61 bits per heavy atom. The van der Waals surface area contributed by atoms with Crippen molar-refractivity contribution in [2.45, 2.75) is 49.2 Å². The Hall–Kier alpha value is -2.01. The van der Waals surface area contributed by atoms with Crippen LogP contribution in [0, 0.1) is 0 Å². The van der Waals surface area contributed by atoms with Crippen LogP contribution in [-0.4, -0.2) is 48.4 Å². The second kappa shape index (κ2) is 11.6. The van der Waals surface area contributed by atoms with Gasteiger partial charge >= 0.3 is 18.9 Å². The SMILES string of the molecule is CN(C)CCCNCc1c(Cc2cccc3ccccc23)c(C2CC2)c2n(c1=O)[C@H](C(=O)[O-])CS2.[Li+]. The number of carboxylic acid groups (broad SMARTS) is 1. The Balaban J connectivity index is 0.00000304. The number of aromatic nitrogens is 1. The number of carboxylic acids is 1. The van der Waals surface area contributed by atoms with Crippen molar-refractivity contribution < 1.29 is 28.8 Å². The molecule has 6 nitrogen and oxygen atoms in total. The van der Waals surface area contributed by atoms with Crippen LogP contribution in [0.4, 0.5) is 0 Å². The second-order valence-electron chi connectivity index (χ2n) is 9.92. The quantitative estimate of drug-likeness (QED) is 0.312. The minimum atomic E-state index is -1.17. The molecule has 1 N–H and O–H groups in total. The molecule has 2 heterocycles. The first kappa shape index (κ1) is 27.0. The number of carbonyl (C=O) groups excluding carboxylic acids is 1. The van der Waals surface area contributed by atoms with Gasteiger partial charge in [0, 0.05) is 17.9 Å². The minimum Gasteiger partial charge on any atom is -0.548 e. The van der Waals surface area contributed by atoms with Crippen molar-refractivity contribution in [3.63, 3.8) is 0 Å². The molecular formula is C28H32LiN3O3S. The Morgan fingerprint density at radius 1 is 1.14 bits per heavy atom. The van der Waals surface area contributed by atoms with Crippen molar-refractivity contribution in [1.82, 2.24) is 14.8 Å². The summed E-state index contributed by atoms with van der Waals surface area (Å²) >= 11 is 1.50. The zero-order valence-corrected chi connectivity index (χ0v) is 22.2. The van der Waals surface area contributed by atoms with E-state index in [4.69, 9.17) is 0 Å². The molecule has 1 saturated carbocycles. The van der Waals surface area contributed by atoms with Gasteiger partial charge in [0.05, 0.1) is 17.0 Å². The topological polar surface area (TPSA) is 77.4 Å². The van der Waals surface area contributed by atoms with Crippen molar-refractivity contribution in [1.29, 1.82) is 0 Å². The van der Waals surface area contributed by atoms with E-state index in [1.807, 2.05) is 6.07 Å². The summed E-state index contributed by atoms with van der Waals surface area (Å²) < 4.78 is 1.52. The number of aliphatic carboxylic acids is 1. The molecule has 0 radical (unpaired) electrons. The maximum atomic E-state index is 13.8. The van der Waals surface area contributed by atoms with Crippen molar-refractivity contribution in [3.8, 4) is 0 Å². The standard InChI is InChI=1S/C28H33N3O3S.Li/c1-30(2)14-6-13-29-16-23-22(15-20-9-5-8-18-7-3-4-10-21(18)20)25(19-11-12-19)27-31(26(23)32)24(17-35-27)28(33)34;/h3-5,7-10,19,24,29H,6,11-17H2,1-2H3,(H,33,34);/q;+1/p-1/t24-;/m0./s1. The molecule has 184 valence electrons. The van der Waals surface area contributed by atoms with E-state index in [9.17, 15) is 14.7 Å². The summed E-state index contributed by atoms with van der Waals surface area (Å²) in [6, 6.07) is 13.8. The van der Waals surface area contributed by atoms with Gasteiger partial charge in [-0.1, -0.05) is 42.5 Å². The molecule has 3 aromatic rings. The van der Waals surface area contributed by atoms with Crippen LogP contribution >= 0.6 is 11.8 Å². The summed E-state index contributed by atoms with van der Waals surface area (Å²) in [5, 5.41) is 18.6. The van der Waals surface area contributed by atoms with E-state index < -0.39 is 12.0 Å². The molecule has 36 heavy (non-hydrogen) atoms. The average Bonchev–Trinajstić information content (AvgIpc) is 3.57. The molecule has 1 aromatic heterocycles. The van der Waals surface area contributed by atoms with Crippen LogP contribution in [0.1, 0.15) is 53.5 Å². The molecule has 0 saturated heterocycles. The first-order chi connectivity index (χ1) is 17.0. The molecule has 0 unspecified atom stereocenters. The number of hydrogen-bond donors (Lipinski definition) is 1. The van der Waals surface area contributed by atoms with Gasteiger partial charge in [-0.25, -0.2) is 0 Å². The number of fused-ring (bicyclic) bond motifs is 2. The molecule has 2 aliphatic rings. The summed E-state index contributed by atoms with van der Waals surface area (Å²) in [5.41, 5.74) is 4.01. The smallest absolute Gasteiger partial charge is 0.548 e. The van der Waals surface area contributed by atoms with Crippen LogP contribution < -0.4 is 34.8 Å². The van der Waals surface area contributed by atoms with Gasteiger partial charge in [0.25, 0.3) is 5.56 Å². The zero-order valence-electron chi connectivity index (χ0n) is 21.4. The molecule has 1 aliphatic heterocycles. The fourth-order valence-corrected chi connectivity index (χ4v) is 6.57. The molecular weight excluding hydrogens is 465 g/mol. The van der Waals surface area contributed by atoms with Crippen LogP contribution in [0.25, 0.3) is 10.8 Å². The number of benzene rings is 2. The molecule has 5 rings (SSSR count). The number of rotatable bonds is 10. The summed E-state index contributed by atoms with van der Waals surface area (Å²) in [7, 11) is 4.10. The van der Waals surface area contributed by atoms with Crippen molar-refractivity contribution in [2.24, 2.45) is 0 Å². The van der Waals surface area contributed by atoms with Gasteiger partial charge < -0.3 is 20.1 Å². The van der Waals surface area contributed by atoms with Gasteiger partial charge in [-0.15, -0.1) is 11.8 Å². The minimum absolute atomic E-state index is 0. The number of nitrogens with one attached hydrogen (secondary N) is 1. The molecule has 0 spiro atoms. The first-order valence-electron chi connectivity index (χ1n) is 12.4. The molecule has 1 aliphatic carbocycles. The first-order valence-corrected chi connectivity index (χ1v) is 13.4. The zero-order chi connectivity index (χ0) is 24.5. The number of pyridine rings is 1. The predicted octanol–water partition coefficient (Wildman–Crippen LogP) is -0.0883. The number of nitrogens with zero attached hydrogens (tertiary/aromatic N) is 2. The summed E-state index contributed by atoms with van der Waals surface area (Å²) in [6.07, 6.45) is 3.81. The molecule has 1 atom stereocenters. The number of thioether (sulfide) groups is 1. The third-order valence-electron chi connectivity index (χ3n) is 7.07. The van der Waals surface area contributed by atoms with E-state index >= 15 is 0 Å². The summed E-state index contributed by atoms with van der Waals surface area (Å²) in [6.45, 7) is 2.21. The van der Waals surface area contributed by atoms with Crippen molar-refractivity contribution in [2.75, 3.05) is 32.9 Å². The summed E-state index contributed by atoms with van der Waals surface area (Å²) in [4.78, 5) is 27.9.